The number of benzene rings is 2. The van der Waals surface area contributed by atoms with Gasteiger partial charge in [-0.15, -0.1) is 0 Å². The Kier molecular flexibility index (Phi) is 3.74. The van der Waals surface area contributed by atoms with E-state index in [1.807, 2.05) is 7.11 Å². The fourth-order valence-corrected chi connectivity index (χ4v) is 11.1. The lowest BCUT2D eigenvalue weighted by Crippen LogP contribution is -2.48. The van der Waals surface area contributed by atoms with E-state index in [9.17, 15) is 0 Å². The predicted octanol–water partition coefficient (Wildman–Crippen LogP) is 7.78. The first-order chi connectivity index (χ1) is 15.6. The normalized spacial score (nSPS) is 45.7. The van der Waals surface area contributed by atoms with Crippen LogP contribution < -0.4 is 4.74 Å². The Bertz CT molecular complexity index is 1020. The van der Waals surface area contributed by atoms with Gasteiger partial charge in [-0.1, -0.05) is 18.2 Å². The van der Waals surface area contributed by atoms with E-state index in [0.717, 1.165) is 41.3 Å². The number of methoxy groups -OCH3 is 1. The van der Waals surface area contributed by atoms with E-state index in [4.69, 9.17) is 4.74 Å². The molecule has 8 saturated carbocycles. The number of hydrogen-bond acceptors (Lipinski definition) is 1. The molecule has 1 nitrogen and oxygen atoms in total. The van der Waals surface area contributed by atoms with E-state index in [-0.39, 0.29) is 0 Å². The monoisotopic (exact) mass is 426 g/mol. The molecule has 8 fully saturated rings. The summed E-state index contributed by atoms with van der Waals surface area (Å²) < 4.78 is 6.11. The maximum atomic E-state index is 6.11. The largest absolute Gasteiger partial charge is 0.496 e. The lowest BCUT2D eigenvalue weighted by molar-refractivity contribution is -0.00542. The molecule has 0 aromatic heterocycles. The molecule has 2 aromatic rings. The fraction of sp³-hybridized carbons (Fsp3) is 0.677. The van der Waals surface area contributed by atoms with Gasteiger partial charge in [0.2, 0.25) is 0 Å². The van der Waals surface area contributed by atoms with E-state index in [0.29, 0.717) is 10.8 Å². The molecule has 8 aliphatic rings. The third-order valence-electron chi connectivity index (χ3n) is 11.4. The van der Waals surface area contributed by atoms with Crippen LogP contribution in [0.5, 0.6) is 5.75 Å². The zero-order valence-corrected chi connectivity index (χ0v) is 19.7. The summed E-state index contributed by atoms with van der Waals surface area (Å²) >= 11 is 0. The van der Waals surface area contributed by atoms with E-state index >= 15 is 0 Å². The second kappa shape index (κ2) is 6.34. The standard InChI is InChI=1S/C31H38O/c1-32-29-12-27(31-16-22-7-23(17-31)9-24(8-22)18-31)10-25-2-3-26(11-28(25)29)30-13-19-4-20(14-30)6-21(5-19)15-30/h2-3,10-12,19-24H,4-9,13-18H2,1H3. The molecule has 8 bridgehead atoms. The first-order valence-electron chi connectivity index (χ1n) is 13.7. The summed E-state index contributed by atoms with van der Waals surface area (Å²) in [7, 11) is 1.90. The van der Waals surface area contributed by atoms with Crippen molar-refractivity contribution in [3.63, 3.8) is 0 Å². The van der Waals surface area contributed by atoms with Crippen LogP contribution in [0.15, 0.2) is 30.3 Å². The molecule has 8 aliphatic carbocycles. The Morgan fingerprint density at radius 2 is 1.06 bits per heavy atom. The molecule has 0 aliphatic heterocycles. The lowest BCUT2D eigenvalue weighted by atomic mass is 9.47. The number of fused-ring (bicyclic) bond motifs is 1. The highest BCUT2D eigenvalue weighted by Crippen LogP contribution is 2.62. The molecule has 2 aromatic carbocycles. The van der Waals surface area contributed by atoms with Crippen LogP contribution in [0.1, 0.15) is 88.2 Å². The molecule has 0 saturated heterocycles. The van der Waals surface area contributed by atoms with Crippen molar-refractivity contribution < 1.29 is 4.74 Å². The molecular weight excluding hydrogens is 388 g/mol. The summed E-state index contributed by atoms with van der Waals surface area (Å²) in [5.41, 5.74) is 4.13. The predicted molar refractivity (Wildman–Crippen MR) is 130 cm³/mol. The lowest BCUT2D eigenvalue weighted by Gasteiger charge is -2.57. The Morgan fingerprint density at radius 1 is 0.594 bits per heavy atom. The van der Waals surface area contributed by atoms with Crippen LogP contribution in [0.2, 0.25) is 0 Å². The zero-order valence-electron chi connectivity index (χ0n) is 19.7. The molecule has 0 unspecified atom stereocenters. The van der Waals surface area contributed by atoms with Gasteiger partial charge in [-0.05, 0) is 152 Å². The van der Waals surface area contributed by atoms with E-state index in [1.54, 1.807) is 11.1 Å². The van der Waals surface area contributed by atoms with Gasteiger partial charge in [0.1, 0.15) is 5.75 Å². The van der Waals surface area contributed by atoms with Crippen LogP contribution in [0.3, 0.4) is 0 Å². The van der Waals surface area contributed by atoms with Crippen molar-refractivity contribution in [2.75, 3.05) is 7.11 Å². The van der Waals surface area contributed by atoms with Crippen molar-refractivity contribution in [3.8, 4) is 5.75 Å². The Labute approximate surface area is 193 Å². The Morgan fingerprint density at radius 3 is 1.53 bits per heavy atom. The van der Waals surface area contributed by atoms with Gasteiger partial charge < -0.3 is 4.74 Å². The van der Waals surface area contributed by atoms with Crippen molar-refractivity contribution in [1.82, 2.24) is 0 Å². The third kappa shape index (κ3) is 2.57. The van der Waals surface area contributed by atoms with Gasteiger partial charge in [-0.25, -0.2) is 0 Å². The number of rotatable bonds is 3. The van der Waals surface area contributed by atoms with Gasteiger partial charge in [0, 0.05) is 5.39 Å². The highest BCUT2D eigenvalue weighted by molar-refractivity contribution is 5.90. The number of hydrogen-bond donors (Lipinski definition) is 0. The highest BCUT2D eigenvalue weighted by atomic mass is 16.5. The van der Waals surface area contributed by atoms with E-state index < -0.39 is 0 Å². The average Bonchev–Trinajstić information content (AvgIpc) is 2.76. The third-order valence-corrected chi connectivity index (χ3v) is 11.4. The van der Waals surface area contributed by atoms with Gasteiger partial charge >= 0.3 is 0 Å². The second-order valence-electron chi connectivity index (χ2n) is 13.5. The minimum absolute atomic E-state index is 0.439. The Hall–Kier alpha value is -1.50. The fourth-order valence-electron chi connectivity index (χ4n) is 11.1. The topological polar surface area (TPSA) is 9.23 Å². The summed E-state index contributed by atoms with van der Waals surface area (Å²) in [6, 6.07) is 12.6. The molecule has 0 atom stereocenters. The van der Waals surface area contributed by atoms with Gasteiger partial charge in [0.25, 0.3) is 0 Å². The average molecular weight is 427 g/mol. The maximum Gasteiger partial charge on any atom is 0.126 e. The minimum atomic E-state index is 0.439. The van der Waals surface area contributed by atoms with E-state index in [1.165, 1.54) is 87.8 Å². The van der Waals surface area contributed by atoms with Crippen LogP contribution in [-0.2, 0) is 10.8 Å². The van der Waals surface area contributed by atoms with Gasteiger partial charge in [0.05, 0.1) is 7.11 Å². The van der Waals surface area contributed by atoms with Gasteiger partial charge in [0.15, 0.2) is 0 Å². The first kappa shape index (κ1) is 18.9. The van der Waals surface area contributed by atoms with Crippen molar-refractivity contribution in [1.29, 1.82) is 0 Å². The smallest absolute Gasteiger partial charge is 0.126 e. The summed E-state index contributed by atoms with van der Waals surface area (Å²) in [6.45, 7) is 0. The summed E-state index contributed by atoms with van der Waals surface area (Å²) in [5.74, 6) is 7.09. The Balaban J connectivity index is 1.22. The maximum absolute atomic E-state index is 6.11. The summed E-state index contributed by atoms with van der Waals surface area (Å²) in [4.78, 5) is 0. The van der Waals surface area contributed by atoms with Crippen LogP contribution in [0.25, 0.3) is 10.8 Å². The quantitative estimate of drug-likeness (QED) is 0.487. The SMILES string of the molecule is COc1cc(C23CC4CC(CC(C4)C2)C3)cc2ccc(C34CC5CC(CC(C5)C3)C4)cc12. The van der Waals surface area contributed by atoms with Crippen molar-refractivity contribution in [2.24, 2.45) is 35.5 Å². The molecular formula is C31H38O. The van der Waals surface area contributed by atoms with Crippen LogP contribution >= 0.6 is 0 Å². The first-order valence-corrected chi connectivity index (χ1v) is 13.7. The zero-order chi connectivity index (χ0) is 21.1. The van der Waals surface area contributed by atoms with Crippen LogP contribution in [0.4, 0.5) is 0 Å². The molecule has 1 heteroatoms. The molecule has 168 valence electrons. The van der Waals surface area contributed by atoms with Gasteiger partial charge in [-0.2, -0.15) is 0 Å². The summed E-state index contributed by atoms with van der Waals surface area (Å²) in [6.07, 6.45) is 17.7. The summed E-state index contributed by atoms with van der Waals surface area (Å²) in [5, 5.41) is 2.79. The van der Waals surface area contributed by atoms with Crippen molar-refractivity contribution >= 4 is 10.8 Å². The minimum Gasteiger partial charge on any atom is -0.496 e. The number of ether oxygens (including phenoxy) is 1. The molecule has 0 heterocycles. The van der Waals surface area contributed by atoms with Crippen molar-refractivity contribution in [3.05, 3.63) is 41.5 Å². The molecule has 0 radical (unpaired) electrons. The van der Waals surface area contributed by atoms with Crippen molar-refractivity contribution in [2.45, 2.75) is 87.9 Å². The van der Waals surface area contributed by atoms with Crippen LogP contribution in [-0.4, -0.2) is 7.11 Å². The van der Waals surface area contributed by atoms with Gasteiger partial charge in [-0.3, -0.25) is 0 Å². The van der Waals surface area contributed by atoms with Crippen LogP contribution in [0, 0.1) is 35.5 Å². The molecule has 32 heavy (non-hydrogen) atoms. The van der Waals surface area contributed by atoms with E-state index in [2.05, 4.69) is 30.3 Å². The highest BCUT2D eigenvalue weighted by Gasteiger charge is 2.53. The molecule has 0 spiro atoms. The molecule has 10 rings (SSSR count). The molecule has 0 N–H and O–H groups in total. The second-order valence-corrected chi connectivity index (χ2v) is 13.5. The molecule has 0 amide bonds.